The molecule has 0 aliphatic rings. The van der Waals surface area contributed by atoms with E-state index in [2.05, 4.69) is 4.98 Å². The number of aromatic nitrogens is 2. The Morgan fingerprint density at radius 2 is 1.88 bits per heavy atom. The van der Waals surface area contributed by atoms with Gasteiger partial charge in [-0.05, 0) is 36.3 Å². The van der Waals surface area contributed by atoms with Gasteiger partial charge in [0.25, 0.3) is 11.5 Å². The molecule has 1 heterocycles. The van der Waals surface area contributed by atoms with Crippen molar-refractivity contribution >= 4 is 23.5 Å². The Labute approximate surface area is 196 Å². The molecule has 0 saturated carbocycles. The number of halogens is 1. The second-order valence-electron chi connectivity index (χ2n) is 7.62. The number of nitrogen functional groups attached to an aromatic ring is 1. The van der Waals surface area contributed by atoms with Gasteiger partial charge in [-0.25, -0.2) is 9.18 Å². The van der Waals surface area contributed by atoms with E-state index in [0.717, 1.165) is 6.42 Å². The molecule has 0 radical (unpaired) electrons. The summed E-state index contributed by atoms with van der Waals surface area (Å²) >= 11 is 0. The molecule has 1 aromatic heterocycles. The molecular formula is C25H27FN4O4. The van der Waals surface area contributed by atoms with Crippen LogP contribution in [0.15, 0.2) is 64.2 Å². The highest BCUT2D eigenvalue weighted by molar-refractivity contribution is 6.05. The first-order valence-electron chi connectivity index (χ1n) is 10.8. The molecule has 9 heteroatoms. The molecule has 0 spiro atoms. The van der Waals surface area contributed by atoms with Crippen LogP contribution in [0.5, 0.6) is 5.75 Å². The lowest BCUT2D eigenvalue weighted by molar-refractivity contribution is -0.114. The summed E-state index contributed by atoms with van der Waals surface area (Å²) < 4.78 is 19.9. The third-order valence-electron chi connectivity index (χ3n) is 5.29. The predicted octanol–water partition coefficient (Wildman–Crippen LogP) is 3.31. The normalized spacial score (nSPS) is 11.0. The van der Waals surface area contributed by atoms with Gasteiger partial charge in [0.15, 0.2) is 5.69 Å². The largest absolute Gasteiger partial charge is 0.496 e. The van der Waals surface area contributed by atoms with Crippen molar-refractivity contribution in [2.45, 2.75) is 32.9 Å². The lowest BCUT2D eigenvalue weighted by atomic mass is 10.1. The number of amides is 1. The number of nitrogens with zero attached hydrogens (tertiary/aromatic N) is 2. The number of methoxy groups -OCH3 is 1. The number of para-hydroxylation sites is 1. The molecule has 3 N–H and O–H groups in total. The topological polar surface area (TPSA) is 110 Å². The standard InChI is InChI=1S/C25H27FN4O4/c1-3-4-15-29-23(27)22(24(32)28-25(29)33)30(16-18-7-5-6-8-20(18)34-2)21(31)14-11-17-9-12-19(26)13-10-17/h5-14H,3-4,15-16,27H2,1-2H3,(H,28,32,33)/b14-11+. The Morgan fingerprint density at radius 3 is 2.56 bits per heavy atom. The summed E-state index contributed by atoms with van der Waals surface area (Å²) in [6.07, 6.45) is 4.25. The van der Waals surface area contributed by atoms with Gasteiger partial charge in [-0.1, -0.05) is 43.7 Å². The first-order valence-corrected chi connectivity index (χ1v) is 10.8. The third-order valence-corrected chi connectivity index (χ3v) is 5.29. The fourth-order valence-electron chi connectivity index (χ4n) is 3.48. The molecule has 0 saturated heterocycles. The van der Waals surface area contributed by atoms with Crippen molar-refractivity contribution in [1.82, 2.24) is 9.55 Å². The van der Waals surface area contributed by atoms with E-state index >= 15 is 0 Å². The van der Waals surface area contributed by atoms with Gasteiger partial charge in [0.2, 0.25) is 0 Å². The van der Waals surface area contributed by atoms with Gasteiger partial charge in [-0.2, -0.15) is 0 Å². The van der Waals surface area contributed by atoms with E-state index in [1.54, 1.807) is 24.3 Å². The number of nitrogens with two attached hydrogens (primary N) is 1. The SMILES string of the molecule is CCCCn1c(N)c(N(Cc2ccccc2OC)C(=O)/C=C/c2ccc(F)cc2)c(=O)[nH]c1=O. The summed E-state index contributed by atoms with van der Waals surface area (Å²) in [5, 5.41) is 0. The lowest BCUT2D eigenvalue weighted by Gasteiger charge is -2.24. The zero-order chi connectivity index (χ0) is 24.7. The number of rotatable bonds is 9. The first kappa shape index (κ1) is 24.5. The van der Waals surface area contributed by atoms with Crippen molar-refractivity contribution in [3.8, 4) is 5.75 Å². The number of ether oxygens (including phenoxy) is 1. The lowest BCUT2D eigenvalue weighted by Crippen LogP contribution is -2.40. The number of hydrogen-bond acceptors (Lipinski definition) is 5. The van der Waals surface area contributed by atoms with E-state index in [1.165, 1.54) is 53.0 Å². The number of nitrogens with one attached hydrogen (secondary N) is 1. The molecule has 0 fully saturated rings. The zero-order valence-corrected chi connectivity index (χ0v) is 19.1. The Hall–Kier alpha value is -4.14. The van der Waals surface area contributed by atoms with Crippen molar-refractivity contribution in [2.75, 3.05) is 17.7 Å². The minimum absolute atomic E-state index is 0.0319. The summed E-state index contributed by atoms with van der Waals surface area (Å²) in [6, 6.07) is 12.7. The average Bonchev–Trinajstić information content (AvgIpc) is 2.83. The quantitative estimate of drug-likeness (QED) is 0.470. The molecular weight excluding hydrogens is 439 g/mol. The fourth-order valence-corrected chi connectivity index (χ4v) is 3.48. The van der Waals surface area contributed by atoms with Gasteiger partial charge in [0.1, 0.15) is 17.4 Å². The van der Waals surface area contributed by atoms with Crippen LogP contribution >= 0.6 is 0 Å². The van der Waals surface area contributed by atoms with Crippen LogP contribution in [0.4, 0.5) is 15.9 Å². The molecule has 2 aromatic carbocycles. The smallest absolute Gasteiger partial charge is 0.330 e. The summed E-state index contributed by atoms with van der Waals surface area (Å²) in [5.41, 5.74) is 5.97. The highest BCUT2D eigenvalue weighted by Crippen LogP contribution is 2.25. The van der Waals surface area contributed by atoms with Gasteiger partial charge in [-0.3, -0.25) is 24.0 Å². The van der Waals surface area contributed by atoms with E-state index in [9.17, 15) is 18.8 Å². The molecule has 0 aliphatic heterocycles. The molecule has 34 heavy (non-hydrogen) atoms. The Bertz CT molecular complexity index is 1300. The van der Waals surface area contributed by atoms with Crippen LogP contribution in [0.3, 0.4) is 0 Å². The van der Waals surface area contributed by atoms with Gasteiger partial charge in [0, 0.05) is 18.2 Å². The fraction of sp³-hybridized carbons (Fsp3) is 0.240. The van der Waals surface area contributed by atoms with Crippen LogP contribution < -0.4 is 26.6 Å². The summed E-state index contributed by atoms with van der Waals surface area (Å²) in [6.45, 7) is 2.23. The van der Waals surface area contributed by atoms with E-state index in [-0.39, 0.29) is 18.1 Å². The minimum Gasteiger partial charge on any atom is -0.496 e. The Morgan fingerprint density at radius 1 is 1.18 bits per heavy atom. The van der Waals surface area contributed by atoms with Crippen LogP contribution in [0, 0.1) is 5.82 Å². The first-order chi connectivity index (χ1) is 16.3. The second kappa shape index (κ2) is 11.1. The van der Waals surface area contributed by atoms with Crippen molar-refractivity contribution < 1.29 is 13.9 Å². The third kappa shape index (κ3) is 5.61. The molecule has 0 aliphatic carbocycles. The van der Waals surface area contributed by atoms with E-state index < -0.39 is 23.0 Å². The molecule has 178 valence electrons. The van der Waals surface area contributed by atoms with Crippen molar-refractivity contribution in [3.63, 3.8) is 0 Å². The second-order valence-corrected chi connectivity index (χ2v) is 7.62. The maximum absolute atomic E-state index is 13.3. The van der Waals surface area contributed by atoms with Crippen LogP contribution in [0.25, 0.3) is 6.08 Å². The summed E-state index contributed by atoms with van der Waals surface area (Å²) in [4.78, 5) is 42.0. The van der Waals surface area contributed by atoms with Crippen molar-refractivity contribution in [3.05, 3.63) is 92.4 Å². The Kier molecular flexibility index (Phi) is 8.02. The maximum atomic E-state index is 13.3. The maximum Gasteiger partial charge on any atom is 0.330 e. The van der Waals surface area contributed by atoms with E-state index in [0.29, 0.717) is 29.8 Å². The van der Waals surface area contributed by atoms with Crippen LogP contribution in [0.1, 0.15) is 30.9 Å². The van der Waals surface area contributed by atoms with Crippen molar-refractivity contribution in [2.24, 2.45) is 0 Å². The minimum atomic E-state index is -0.770. The summed E-state index contributed by atoms with van der Waals surface area (Å²) in [7, 11) is 1.51. The number of carbonyl (C=O) groups excluding carboxylic acids is 1. The number of H-pyrrole nitrogens is 1. The monoisotopic (exact) mass is 466 g/mol. The number of anilines is 2. The number of aromatic amines is 1. The predicted molar refractivity (Wildman–Crippen MR) is 130 cm³/mol. The number of carbonyl (C=O) groups is 1. The van der Waals surface area contributed by atoms with Gasteiger partial charge in [0.05, 0.1) is 13.7 Å². The van der Waals surface area contributed by atoms with E-state index in [1.807, 2.05) is 6.92 Å². The Balaban J connectivity index is 2.09. The number of unbranched alkanes of at least 4 members (excludes halogenated alkanes) is 1. The molecule has 0 bridgehead atoms. The summed E-state index contributed by atoms with van der Waals surface area (Å²) in [5.74, 6) is -0.513. The molecule has 3 aromatic rings. The average molecular weight is 467 g/mol. The molecule has 3 rings (SSSR count). The highest BCUT2D eigenvalue weighted by Gasteiger charge is 2.24. The molecule has 1 amide bonds. The van der Waals surface area contributed by atoms with E-state index in [4.69, 9.17) is 10.5 Å². The zero-order valence-electron chi connectivity index (χ0n) is 19.1. The van der Waals surface area contributed by atoms with Crippen LogP contribution in [0.2, 0.25) is 0 Å². The van der Waals surface area contributed by atoms with Gasteiger partial charge >= 0.3 is 5.69 Å². The van der Waals surface area contributed by atoms with Crippen LogP contribution in [-0.2, 0) is 17.9 Å². The van der Waals surface area contributed by atoms with Crippen molar-refractivity contribution in [1.29, 1.82) is 0 Å². The molecule has 0 unspecified atom stereocenters. The molecule has 0 atom stereocenters. The van der Waals surface area contributed by atoms with Crippen LogP contribution in [-0.4, -0.2) is 22.6 Å². The molecule has 8 nitrogen and oxygen atoms in total. The highest BCUT2D eigenvalue weighted by atomic mass is 19.1. The number of hydrogen-bond donors (Lipinski definition) is 2. The number of benzene rings is 2. The van der Waals surface area contributed by atoms with Gasteiger partial charge < -0.3 is 10.5 Å². The van der Waals surface area contributed by atoms with Gasteiger partial charge in [-0.15, -0.1) is 0 Å².